The highest BCUT2D eigenvalue weighted by Crippen LogP contribution is 2.30. The number of ether oxygens (including phenoxy) is 1. The minimum Gasteiger partial charge on any atom is -0.497 e. The van der Waals surface area contributed by atoms with Gasteiger partial charge in [-0.2, -0.15) is 0 Å². The van der Waals surface area contributed by atoms with Crippen LogP contribution in [0, 0.1) is 0 Å². The predicted octanol–water partition coefficient (Wildman–Crippen LogP) is 5.93. The molecule has 0 radical (unpaired) electrons. The molecule has 0 aliphatic rings. The molecule has 7 nitrogen and oxygen atoms in total. The Morgan fingerprint density at radius 3 is 2.46 bits per heavy atom. The number of furan rings is 1. The Labute approximate surface area is 206 Å². The molecule has 0 aliphatic carbocycles. The van der Waals surface area contributed by atoms with Crippen molar-refractivity contribution in [1.82, 2.24) is 14.8 Å². The third-order valence-corrected chi connectivity index (χ3v) is 6.25. The minimum absolute atomic E-state index is 0.137. The minimum atomic E-state index is -0.137. The van der Waals surface area contributed by atoms with Crippen molar-refractivity contribution in [1.29, 1.82) is 0 Å². The van der Waals surface area contributed by atoms with Crippen LogP contribution in [0.1, 0.15) is 0 Å². The average molecular weight is 483 g/mol. The van der Waals surface area contributed by atoms with Gasteiger partial charge in [-0.05, 0) is 48.0 Å². The van der Waals surface area contributed by atoms with Gasteiger partial charge in [0, 0.05) is 11.3 Å². The van der Waals surface area contributed by atoms with Crippen LogP contribution < -0.4 is 10.1 Å². The lowest BCUT2D eigenvalue weighted by atomic mass is 10.0. The lowest BCUT2D eigenvalue weighted by Crippen LogP contribution is -2.15. The molecular formula is C27H22N4O3S. The highest BCUT2D eigenvalue weighted by Gasteiger charge is 2.19. The van der Waals surface area contributed by atoms with E-state index in [4.69, 9.17) is 9.15 Å². The number of hydrogen-bond acceptors (Lipinski definition) is 6. The second kappa shape index (κ2) is 10.3. The first-order valence-electron chi connectivity index (χ1n) is 10.9. The Morgan fingerprint density at radius 1 is 0.943 bits per heavy atom. The number of nitrogens with zero attached hydrogens (tertiary/aromatic N) is 3. The zero-order valence-electron chi connectivity index (χ0n) is 18.9. The lowest BCUT2D eigenvalue weighted by molar-refractivity contribution is -0.113. The van der Waals surface area contributed by atoms with Crippen LogP contribution in [0.5, 0.6) is 5.75 Å². The van der Waals surface area contributed by atoms with Gasteiger partial charge in [-0.1, -0.05) is 60.3 Å². The number of thioether (sulfide) groups is 1. The van der Waals surface area contributed by atoms with E-state index in [9.17, 15) is 4.79 Å². The second-order valence-corrected chi connectivity index (χ2v) is 8.51. The summed E-state index contributed by atoms with van der Waals surface area (Å²) in [5.41, 5.74) is 3.60. The SMILES string of the molecule is COc1ccc(-n2c(SCC(=O)Nc3ccccc3-c3ccccc3)nnc2-c2ccco2)cc1. The fourth-order valence-electron chi connectivity index (χ4n) is 3.67. The standard InChI is InChI=1S/C27H22N4O3S/c1-33-21-15-13-20(14-16-21)31-26(24-12-7-17-34-24)29-30-27(31)35-18-25(32)28-23-11-6-5-10-22(23)19-8-3-2-4-9-19/h2-17H,18H2,1H3,(H,28,32). The predicted molar refractivity (Wildman–Crippen MR) is 137 cm³/mol. The zero-order chi connectivity index (χ0) is 24.0. The Hall–Kier alpha value is -4.30. The molecule has 2 aromatic heterocycles. The molecule has 5 aromatic rings. The van der Waals surface area contributed by atoms with E-state index in [0.29, 0.717) is 16.7 Å². The first-order valence-corrected chi connectivity index (χ1v) is 11.9. The largest absolute Gasteiger partial charge is 0.497 e. The summed E-state index contributed by atoms with van der Waals surface area (Å²) in [6, 6.07) is 28.9. The van der Waals surface area contributed by atoms with Gasteiger partial charge >= 0.3 is 0 Å². The van der Waals surface area contributed by atoms with E-state index in [-0.39, 0.29) is 11.7 Å². The van der Waals surface area contributed by atoms with Gasteiger partial charge in [0.25, 0.3) is 0 Å². The molecule has 1 amide bonds. The summed E-state index contributed by atoms with van der Waals surface area (Å²) >= 11 is 1.30. The highest BCUT2D eigenvalue weighted by molar-refractivity contribution is 7.99. The zero-order valence-corrected chi connectivity index (χ0v) is 19.7. The van der Waals surface area contributed by atoms with Crippen LogP contribution in [0.25, 0.3) is 28.4 Å². The van der Waals surface area contributed by atoms with Gasteiger partial charge in [-0.25, -0.2) is 0 Å². The molecule has 0 saturated heterocycles. The van der Waals surface area contributed by atoms with E-state index in [1.807, 2.05) is 89.5 Å². The summed E-state index contributed by atoms with van der Waals surface area (Å²) < 4.78 is 12.7. The average Bonchev–Trinajstić information content (AvgIpc) is 3.58. The van der Waals surface area contributed by atoms with Crippen molar-refractivity contribution >= 4 is 23.4 Å². The number of carbonyl (C=O) groups excluding carboxylic acids is 1. The van der Waals surface area contributed by atoms with Gasteiger partial charge in [0.05, 0.1) is 24.8 Å². The molecule has 174 valence electrons. The summed E-state index contributed by atoms with van der Waals surface area (Å²) in [4.78, 5) is 12.9. The Kier molecular flexibility index (Phi) is 6.63. The first kappa shape index (κ1) is 22.5. The molecule has 2 heterocycles. The van der Waals surface area contributed by atoms with Crippen LogP contribution in [-0.4, -0.2) is 33.5 Å². The van der Waals surface area contributed by atoms with Crippen LogP contribution in [0.3, 0.4) is 0 Å². The Morgan fingerprint density at radius 2 is 1.71 bits per heavy atom. The third-order valence-electron chi connectivity index (χ3n) is 5.32. The molecule has 0 bridgehead atoms. The number of carbonyl (C=O) groups is 1. The van der Waals surface area contributed by atoms with Crippen LogP contribution in [0.2, 0.25) is 0 Å². The maximum absolute atomic E-state index is 12.9. The molecule has 0 aliphatic heterocycles. The number of rotatable bonds is 8. The maximum Gasteiger partial charge on any atom is 0.234 e. The van der Waals surface area contributed by atoms with Gasteiger partial charge in [-0.15, -0.1) is 10.2 Å². The van der Waals surface area contributed by atoms with Crippen molar-refractivity contribution in [3.05, 3.63) is 97.3 Å². The van der Waals surface area contributed by atoms with E-state index in [1.54, 1.807) is 19.4 Å². The van der Waals surface area contributed by atoms with Crippen molar-refractivity contribution in [3.8, 4) is 34.1 Å². The van der Waals surface area contributed by atoms with Gasteiger partial charge < -0.3 is 14.5 Å². The van der Waals surface area contributed by atoms with Crippen LogP contribution >= 0.6 is 11.8 Å². The normalized spacial score (nSPS) is 10.8. The molecule has 3 aromatic carbocycles. The Bertz CT molecular complexity index is 1410. The summed E-state index contributed by atoms with van der Waals surface area (Å²) in [5, 5.41) is 12.3. The Balaban J connectivity index is 1.37. The van der Waals surface area contributed by atoms with E-state index < -0.39 is 0 Å². The number of para-hydroxylation sites is 1. The molecule has 8 heteroatoms. The molecule has 35 heavy (non-hydrogen) atoms. The number of methoxy groups -OCH3 is 1. The molecule has 0 unspecified atom stereocenters. The maximum atomic E-state index is 12.9. The highest BCUT2D eigenvalue weighted by atomic mass is 32.2. The van der Waals surface area contributed by atoms with Crippen LogP contribution in [0.15, 0.2) is 107 Å². The van der Waals surface area contributed by atoms with Gasteiger partial charge in [0.1, 0.15) is 5.75 Å². The lowest BCUT2D eigenvalue weighted by Gasteiger charge is -2.12. The van der Waals surface area contributed by atoms with Crippen molar-refractivity contribution in [2.45, 2.75) is 5.16 Å². The van der Waals surface area contributed by atoms with E-state index in [2.05, 4.69) is 15.5 Å². The summed E-state index contributed by atoms with van der Waals surface area (Å²) in [6.45, 7) is 0. The third kappa shape index (κ3) is 4.97. The van der Waals surface area contributed by atoms with Gasteiger partial charge in [0.15, 0.2) is 10.9 Å². The van der Waals surface area contributed by atoms with E-state index >= 15 is 0 Å². The van der Waals surface area contributed by atoms with E-state index in [0.717, 1.165) is 28.3 Å². The number of benzene rings is 3. The molecule has 1 N–H and O–H groups in total. The molecule has 5 rings (SSSR count). The first-order chi connectivity index (χ1) is 17.2. The fourth-order valence-corrected chi connectivity index (χ4v) is 4.42. The quantitative estimate of drug-likeness (QED) is 0.276. The van der Waals surface area contributed by atoms with Crippen molar-refractivity contribution in [3.63, 3.8) is 0 Å². The van der Waals surface area contributed by atoms with Crippen molar-refractivity contribution in [2.75, 3.05) is 18.2 Å². The number of amides is 1. The summed E-state index contributed by atoms with van der Waals surface area (Å²) in [6.07, 6.45) is 1.59. The molecule has 0 saturated carbocycles. The molecule has 0 fully saturated rings. The van der Waals surface area contributed by atoms with Gasteiger partial charge in [0.2, 0.25) is 11.7 Å². The summed E-state index contributed by atoms with van der Waals surface area (Å²) in [7, 11) is 1.62. The second-order valence-electron chi connectivity index (χ2n) is 7.57. The van der Waals surface area contributed by atoms with E-state index in [1.165, 1.54) is 11.8 Å². The smallest absolute Gasteiger partial charge is 0.234 e. The van der Waals surface area contributed by atoms with Crippen LogP contribution in [0.4, 0.5) is 5.69 Å². The fraction of sp³-hybridized carbons (Fsp3) is 0.0741. The van der Waals surface area contributed by atoms with Crippen LogP contribution in [-0.2, 0) is 4.79 Å². The molecule has 0 spiro atoms. The van der Waals surface area contributed by atoms with Crippen molar-refractivity contribution in [2.24, 2.45) is 0 Å². The number of aromatic nitrogens is 3. The molecular weight excluding hydrogens is 460 g/mol. The summed E-state index contributed by atoms with van der Waals surface area (Å²) in [5.74, 6) is 1.91. The number of nitrogens with one attached hydrogen (secondary N) is 1. The number of anilines is 1. The van der Waals surface area contributed by atoms with Gasteiger partial charge in [-0.3, -0.25) is 9.36 Å². The monoisotopic (exact) mass is 482 g/mol. The molecule has 0 atom stereocenters. The topological polar surface area (TPSA) is 82.2 Å². The number of hydrogen-bond donors (Lipinski definition) is 1. The van der Waals surface area contributed by atoms with Crippen molar-refractivity contribution < 1.29 is 13.9 Å².